The molecule has 5 nitrogen and oxygen atoms in total. The van der Waals surface area contributed by atoms with Crippen LogP contribution in [0.1, 0.15) is 19.8 Å². The lowest BCUT2D eigenvalue weighted by atomic mass is 10.2. The zero-order chi connectivity index (χ0) is 10.7. The van der Waals surface area contributed by atoms with Gasteiger partial charge < -0.3 is 5.11 Å². The topological polar surface area (TPSA) is 74.7 Å². The summed E-state index contributed by atoms with van der Waals surface area (Å²) in [5.41, 5.74) is 0. The molecular formula is C8H11NO4S. The smallest absolute Gasteiger partial charge is 0.305 e. The third-order valence-electron chi connectivity index (χ3n) is 1.81. The molecule has 1 fully saturated rings. The number of nitrogens with zero attached hydrogens (tertiary/aromatic N) is 1. The summed E-state index contributed by atoms with van der Waals surface area (Å²) in [4.78, 5) is 34.2. The summed E-state index contributed by atoms with van der Waals surface area (Å²) in [5.74, 6) is -1.42. The van der Waals surface area contributed by atoms with E-state index >= 15 is 0 Å². The van der Waals surface area contributed by atoms with E-state index in [4.69, 9.17) is 5.11 Å². The molecule has 1 aliphatic heterocycles. The predicted molar refractivity (Wildman–Crippen MR) is 51.0 cm³/mol. The number of amides is 2. The van der Waals surface area contributed by atoms with Crippen molar-refractivity contribution in [2.45, 2.75) is 25.0 Å². The van der Waals surface area contributed by atoms with Crippen molar-refractivity contribution >= 4 is 28.9 Å². The Kier molecular flexibility index (Phi) is 3.51. The van der Waals surface area contributed by atoms with E-state index in [2.05, 4.69) is 0 Å². The standard InChI is InChI=1S/C8H11NO4S/c1-2-3-9-7(12)5(4-6(10)11)14-8(9)13/h5H,2-4H2,1H3,(H,10,11)/t5-/m0/s1. The molecule has 14 heavy (non-hydrogen) atoms. The van der Waals surface area contributed by atoms with Gasteiger partial charge in [-0.2, -0.15) is 0 Å². The maximum absolute atomic E-state index is 11.5. The van der Waals surface area contributed by atoms with Crippen molar-refractivity contribution in [3.05, 3.63) is 0 Å². The highest BCUT2D eigenvalue weighted by Gasteiger charge is 2.39. The largest absolute Gasteiger partial charge is 0.481 e. The number of hydrogen-bond acceptors (Lipinski definition) is 4. The van der Waals surface area contributed by atoms with E-state index in [0.717, 1.165) is 16.7 Å². The van der Waals surface area contributed by atoms with Crippen LogP contribution in [0.4, 0.5) is 4.79 Å². The van der Waals surface area contributed by atoms with E-state index in [0.29, 0.717) is 13.0 Å². The van der Waals surface area contributed by atoms with Crippen LogP contribution >= 0.6 is 11.8 Å². The van der Waals surface area contributed by atoms with Crippen LogP contribution in [0.25, 0.3) is 0 Å². The zero-order valence-corrected chi connectivity index (χ0v) is 8.54. The lowest BCUT2D eigenvalue weighted by Gasteiger charge is -2.11. The molecule has 1 heterocycles. The molecule has 0 saturated carbocycles. The number of hydrogen-bond donors (Lipinski definition) is 1. The average Bonchev–Trinajstić information content (AvgIpc) is 2.32. The molecule has 1 N–H and O–H groups in total. The van der Waals surface area contributed by atoms with Gasteiger partial charge in [0.15, 0.2) is 0 Å². The lowest BCUT2D eigenvalue weighted by Crippen LogP contribution is -2.32. The molecule has 1 atom stereocenters. The van der Waals surface area contributed by atoms with Crippen LogP contribution in [0, 0.1) is 0 Å². The molecule has 0 aromatic rings. The average molecular weight is 217 g/mol. The molecule has 0 aromatic heterocycles. The van der Waals surface area contributed by atoms with Gasteiger partial charge in [0, 0.05) is 6.54 Å². The van der Waals surface area contributed by atoms with Crippen LogP contribution in [0.2, 0.25) is 0 Å². The van der Waals surface area contributed by atoms with Crippen LogP contribution in [0.5, 0.6) is 0 Å². The highest BCUT2D eigenvalue weighted by molar-refractivity contribution is 8.15. The number of aliphatic carboxylic acids is 1. The monoisotopic (exact) mass is 217 g/mol. The predicted octanol–water partition coefficient (Wildman–Crippen LogP) is 0.935. The Morgan fingerprint density at radius 1 is 1.57 bits per heavy atom. The van der Waals surface area contributed by atoms with Crippen LogP contribution in [0.15, 0.2) is 0 Å². The number of carboxylic acids is 1. The SMILES string of the molecule is CCCN1C(=O)S[C@@H](CC(=O)O)C1=O. The van der Waals surface area contributed by atoms with Gasteiger partial charge in [0.1, 0.15) is 5.25 Å². The van der Waals surface area contributed by atoms with Gasteiger partial charge >= 0.3 is 5.97 Å². The number of carbonyl (C=O) groups excluding carboxylic acids is 2. The molecule has 2 amide bonds. The van der Waals surface area contributed by atoms with Gasteiger partial charge in [0.25, 0.3) is 5.24 Å². The third kappa shape index (κ3) is 2.25. The molecule has 0 spiro atoms. The Balaban J connectivity index is 2.64. The van der Waals surface area contributed by atoms with Crippen molar-refractivity contribution in [1.29, 1.82) is 0 Å². The van der Waals surface area contributed by atoms with Crippen molar-refractivity contribution in [2.75, 3.05) is 6.54 Å². The van der Waals surface area contributed by atoms with Crippen LogP contribution in [-0.2, 0) is 9.59 Å². The Bertz CT molecular complexity index is 279. The van der Waals surface area contributed by atoms with E-state index < -0.39 is 11.2 Å². The van der Waals surface area contributed by atoms with E-state index in [9.17, 15) is 14.4 Å². The normalized spacial score (nSPS) is 21.8. The van der Waals surface area contributed by atoms with Crippen molar-refractivity contribution in [2.24, 2.45) is 0 Å². The third-order valence-corrected chi connectivity index (χ3v) is 2.89. The number of rotatable bonds is 4. The van der Waals surface area contributed by atoms with Crippen molar-refractivity contribution in [3.63, 3.8) is 0 Å². The molecule has 78 valence electrons. The van der Waals surface area contributed by atoms with Gasteiger partial charge in [-0.05, 0) is 6.42 Å². The first-order valence-corrected chi connectivity index (χ1v) is 5.18. The molecule has 1 rings (SSSR count). The quantitative estimate of drug-likeness (QED) is 0.758. The zero-order valence-electron chi connectivity index (χ0n) is 7.73. The molecule has 1 aliphatic rings. The lowest BCUT2D eigenvalue weighted by molar-refractivity contribution is -0.139. The minimum absolute atomic E-state index is 0.282. The maximum atomic E-state index is 11.5. The van der Waals surface area contributed by atoms with Gasteiger partial charge in [-0.3, -0.25) is 19.3 Å². The fraction of sp³-hybridized carbons (Fsp3) is 0.625. The summed E-state index contributed by atoms with van der Waals surface area (Å²) in [7, 11) is 0. The fourth-order valence-electron chi connectivity index (χ4n) is 1.21. The molecule has 0 aromatic carbocycles. The summed E-state index contributed by atoms with van der Waals surface area (Å²) >= 11 is 0.807. The Hall–Kier alpha value is -1.04. The maximum Gasteiger partial charge on any atom is 0.305 e. The van der Waals surface area contributed by atoms with Crippen molar-refractivity contribution in [3.8, 4) is 0 Å². The number of carbonyl (C=O) groups is 3. The Labute approximate surface area is 85.4 Å². The highest BCUT2D eigenvalue weighted by atomic mass is 32.2. The van der Waals surface area contributed by atoms with Crippen LogP contribution in [0.3, 0.4) is 0 Å². The molecule has 6 heteroatoms. The van der Waals surface area contributed by atoms with E-state index in [1.807, 2.05) is 6.92 Å². The summed E-state index contributed by atoms with van der Waals surface area (Å²) < 4.78 is 0. The van der Waals surface area contributed by atoms with Gasteiger partial charge in [-0.1, -0.05) is 18.7 Å². The van der Waals surface area contributed by atoms with Crippen molar-refractivity contribution in [1.82, 2.24) is 4.90 Å². The molecule has 0 radical (unpaired) electrons. The summed E-state index contributed by atoms with van der Waals surface area (Å²) in [6.07, 6.45) is 0.410. The number of thioether (sulfide) groups is 1. The Morgan fingerprint density at radius 2 is 2.21 bits per heavy atom. The van der Waals surface area contributed by atoms with E-state index in [1.54, 1.807) is 0 Å². The highest BCUT2D eigenvalue weighted by Crippen LogP contribution is 2.29. The number of carboxylic acid groups (broad SMARTS) is 1. The van der Waals surface area contributed by atoms with Gasteiger partial charge in [0.2, 0.25) is 5.91 Å². The molecular weight excluding hydrogens is 206 g/mol. The minimum atomic E-state index is -1.05. The van der Waals surface area contributed by atoms with E-state index in [-0.39, 0.29) is 17.6 Å². The minimum Gasteiger partial charge on any atom is -0.481 e. The van der Waals surface area contributed by atoms with Gasteiger partial charge in [-0.25, -0.2) is 0 Å². The second-order valence-corrected chi connectivity index (χ2v) is 4.11. The van der Waals surface area contributed by atoms with Crippen molar-refractivity contribution < 1.29 is 19.5 Å². The number of imide groups is 1. The fourth-order valence-corrected chi connectivity index (χ4v) is 2.22. The Morgan fingerprint density at radius 3 is 2.71 bits per heavy atom. The first-order valence-electron chi connectivity index (χ1n) is 4.30. The first-order chi connectivity index (χ1) is 6.56. The second kappa shape index (κ2) is 4.45. The van der Waals surface area contributed by atoms with Crippen LogP contribution < -0.4 is 0 Å². The summed E-state index contributed by atoms with van der Waals surface area (Å²) in [5, 5.41) is 7.44. The van der Waals surface area contributed by atoms with Gasteiger partial charge in [-0.15, -0.1) is 0 Å². The van der Waals surface area contributed by atoms with E-state index in [1.165, 1.54) is 0 Å². The second-order valence-electron chi connectivity index (χ2n) is 2.96. The summed E-state index contributed by atoms with van der Waals surface area (Å²) in [6.45, 7) is 2.23. The summed E-state index contributed by atoms with van der Waals surface area (Å²) in [6, 6.07) is 0. The first kappa shape index (κ1) is 11.0. The van der Waals surface area contributed by atoms with Crippen LogP contribution in [-0.4, -0.2) is 38.9 Å². The molecule has 1 saturated heterocycles. The molecule has 0 unspecified atom stereocenters. The van der Waals surface area contributed by atoms with Gasteiger partial charge in [0.05, 0.1) is 6.42 Å². The molecule has 0 bridgehead atoms. The molecule has 0 aliphatic carbocycles.